The van der Waals surface area contributed by atoms with Gasteiger partial charge in [0.15, 0.2) is 5.96 Å². The molecule has 2 heterocycles. The molecule has 1 saturated heterocycles. The van der Waals surface area contributed by atoms with Gasteiger partial charge in [-0.2, -0.15) is 0 Å². The number of piperidine rings is 1. The highest BCUT2D eigenvalue weighted by molar-refractivity contribution is 7.14. The second kappa shape index (κ2) is 10.7. The number of nitrogens with zero attached hydrogens (tertiary/aromatic N) is 2. The fraction of sp³-hybridized carbons (Fsp3) is 0.429. The minimum atomic E-state index is -0.116. The number of hydrogen-bond acceptors (Lipinski definition) is 5. The van der Waals surface area contributed by atoms with E-state index in [0.717, 1.165) is 31.9 Å². The van der Waals surface area contributed by atoms with E-state index in [-0.39, 0.29) is 5.91 Å². The molecule has 156 valence electrons. The number of rotatable bonds is 7. The molecule has 3 rings (SSSR count). The third-order valence-electron chi connectivity index (χ3n) is 4.91. The highest BCUT2D eigenvalue weighted by atomic mass is 32.1. The molecule has 1 aromatic heterocycles. The van der Waals surface area contributed by atoms with E-state index in [0.29, 0.717) is 30.4 Å². The van der Waals surface area contributed by atoms with Crippen molar-refractivity contribution in [3.05, 3.63) is 47.3 Å². The molecule has 8 heteroatoms. The molecule has 29 heavy (non-hydrogen) atoms. The van der Waals surface area contributed by atoms with Crippen molar-refractivity contribution in [1.29, 1.82) is 0 Å². The topological polar surface area (TPSA) is 78.0 Å². The molecule has 1 aliphatic heterocycles. The van der Waals surface area contributed by atoms with E-state index in [1.165, 1.54) is 5.00 Å². The van der Waals surface area contributed by atoms with E-state index in [9.17, 15) is 4.79 Å². The standard InChI is InChI=1S/C21H29N5O2S/c1-22-21(25-17-8-12-26(13-9-17)19-7-4-14-29-19)24-11-10-23-20(27)16-5-3-6-18(15-16)28-2/h3-7,14-15,17H,8-13H2,1-2H3,(H,23,27)(H2,22,24,25). The van der Waals surface area contributed by atoms with E-state index in [4.69, 9.17) is 4.74 Å². The zero-order chi connectivity index (χ0) is 20.5. The van der Waals surface area contributed by atoms with Crippen molar-refractivity contribution in [2.24, 2.45) is 4.99 Å². The summed E-state index contributed by atoms with van der Waals surface area (Å²) in [5.74, 6) is 1.33. The van der Waals surface area contributed by atoms with Gasteiger partial charge in [0.2, 0.25) is 0 Å². The Bertz CT molecular complexity index is 801. The van der Waals surface area contributed by atoms with E-state index in [1.807, 2.05) is 12.1 Å². The summed E-state index contributed by atoms with van der Waals surface area (Å²) in [5, 5.41) is 13.1. The molecule has 0 atom stereocenters. The molecule has 0 bridgehead atoms. The number of aliphatic imine (C=N–C) groups is 1. The van der Waals surface area contributed by atoms with Gasteiger partial charge in [0.05, 0.1) is 12.1 Å². The van der Waals surface area contributed by atoms with Crippen LogP contribution in [0.1, 0.15) is 23.2 Å². The summed E-state index contributed by atoms with van der Waals surface area (Å²) in [5.41, 5.74) is 0.587. The third-order valence-corrected chi connectivity index (χ3v) is 5.84. The van der Waals surface area contributed by atoms with Crippen LogP contribution in [0.3, 0.4) is 0 Å². The molecule has 1 aliphatic rings. The van der Waals surface area contributed by atoms with Crippen molar-refractivity contribution >= 4 is 28.2 Å². The highest BCUT2D eigenvalue weighted by Crippen LogP contribution is 2.24. The van der Waals surface area contributed by atoms with E-state index >= 15 is 0 Å². The van der Waals surface area contributed by atoms with Crippen molar-refractivity contribution < 1.29 is 9.53 Å². The van der Waals surface area contributed by atoms with Crippen LogP contribution in [0, 0.1) is 0 Å². The lowest BCUT2D eigenvalue weighted by Crippen LogP contribution is -2.49. The van der Waals surface area contributed by atoms with Gasteiger partial charge in [0, 0.05) is 44.8 Å². The van der Waals surface area contributed by atoms with Gasteiger partial charge in [0.1, 0.15) is 5.75 Å². The Balaban J connectivity index is 1.36. The van der Waals surface area contributed by atoms with Crippen LogP contribution in [-0.2, 0) is 0 Å². The van der Waals surface area contributed by atoms with Crippen LogP contribution in [0.15, 0.2) is 46.8 Å². The molecular formula is C21H29N5O2S. The number of nitrogens with one attached hydrogen (secondary N) is 3. The Labute approximate surface area is 176 Å². The van der Waals surface area contributed by atoms with E-state index < -0.39 is 0 Å². The van der Waals surface area contributed by atoms with Crippen LogP contribution < -0.4 is 25.6 Å². The van der Waals surface area contributed by atoms with E-state index in [2.05, 4.69) is 43.4 Å². The number of benzene rings is 1. The van der Waals surface area contributed by atoms with Crippen molar-refractivity contribution in [1.82, 2.24) is 16.0 Å². The Morgan fingerprint density at radius 3 is 2.69 bits per heavy atom. The summed E-state index contributed by atoms with van der Waals surface area (Å²) in [6.07, 6.45) is 2.15. The van der Waals surface area contributed by atoms with Crippen LogP contribution >= 0.6 is 11.3 Å². The summed E-state index contributed by atoms with van der Waals surface area (Å²) in [7, 11) is 3.36. The number of carbonyl (C=O) groups excluding carboxylic acids is 1. The Kier molecular flexibility index (Phi) is 7.75. The highest BCUT2D eigenvalue weighted by Gasteiger charge is 2.20. The number of amides is 1. The van der Waals surface area contributed by atoms with Crippen LogP contribution in [0.5, 0.6) is 5.75 Å². The first-order chi connectivity index (χ1) is 14.2. The predicted molar refractivity (Wildman–Crippen MR) is 119 cm³/mol. The number of guanidine groups is 1. The summed E-state index contributed by atoms with van der Waals surface area (Å²) in [6, 6.07) is 11.8. The molecule has 1 aromatic carbocycles. The van der Waals surface area contributed by atoms with Crippen molar-refractivity contribution in [2.75, 3.05) is 45.2 Å². The number of hydrogen-bond donors (Lipinski definition) is 3. The second-order valence-corrected chi connectivity index (χ2v) is 7.77. The van der Waals surface area contributed by atoms with Gasteiger partial charge in [0.25, 0.3) is 5.91 Å². The van der Waals surface area contributed by atoms with Gasteiger partial charge in [-0.25, -0.2) is 0 Å². The lowest BCUT2D eigenvalue weighted by Gasteiger charge is -2.33. The molecule has 3 N–H and O–H groups in total. The van der Waals surface area contributed by atoms with E-state index in [1.54, 1.807) is 37.6 Å². The van der Waals surface area contributed by atoms with Gasteiger partial charge in [-0.3, -0.25) is 9.79 Å². The van der Waals surface area contributed by atoms with Crippen molar-refractivity contribution in [2.45, 2.75) is 18.9 Å². The average Bonchev–Trinajstić information content (AvgIpc) is 3.31. The molecule has 7 nitrogen and oxygen atoms in total. The zero-order valence-corrected chi connectivity index (χ0v) is 17.8. The molecule has 1 fully saturated rings. The number of anilines is 1. The molecule has 0 unspecified atom stereocenters. The van der Waals surface area contributed by atoms with Gasteiger partial charge >= 0.3 is 0 Å². The maximum Gasteiger partial charge on any atom is 0.251 e. The fourth-order valence-electron chi connectivity index (χ4n) is 3.31. The largest absolute Gasteiger partial charge is 0.497 e. The van der Waals surface area contributed by atoms with Crippen LogP contribution in [0.2, 0.25) is 0 Å². The Hall–Kier alpha value is -2.74. The SMILES string of the molecule is CN=C(NCCNC(=O)c1cccc(OC)c1)NC1CCN(c2cccs2)CC1. The maximum absolute atomic E-state index is 12.2. The molecule has 2 aromatic rings. The first-order valence-corrected chi connectivity index (χ1v) is 10.8. The minimum absolute atomic E-state index is 0.116. The first-order valence-electron chi connectivity index (χ1n) is 9.87. The van der Waals surface area contributed by atoms with Gasteiger partial charge in [-0.05, 0) is 48.6 Å². The average molecular weight is 416 g/mol. The first kappa shape index (κ1) is 21.0. The quantitative estimate of drug-likeness (QED) is 0.368. The number of thiophene rings is 1. The molecule has 1 amide bonds. The Morgan fingerprint density at radius 1 is 1.21 bits per heavy atom. The summed E-state index contributed by atoms with van der Waals surface area (Å²) in [6.45, 7) is 3.20. The molecule has 0 spiro atoms. The molecule has 0 aliphatic carbocycles. The number of carbonyl (C=O) groups is 1. The summed E-state index contributed by atoms with van der Waals surface area (Å²) in [4.78, 5) is 19.0. The minimum Gasteiger partial charge on any atom is -0.497 e. The van der Waals surface area contributed by atoms with Crippen LogP contribution in [0.25, 0.3) is 0 Å². The zero-order valence-electron chi connectivity index (χ0n) is 17.0. The second-order valence-electron chi connectivity index (χ2n) is 6.84. The number of methoxy groups -OCH3 is 1. The predicted octanol–water partition coefficient (Wildman–Crippen LogP) is 2.32. The lowest BCUT2D eigenvalue weighted by atomic mass is 10.1. The summed E-state index contributed by atoms with van der Waals surface area (Å²) >= 11 is 1.79. The van der Waals surface area contributed by atoms with Crippen molar-refractivity contribution in [3.8, 4) is 5.75 Å². The molecule has 0 saturated carbocycles. The normalized spacial score (nSPS) is 15.1. The third kappa shape index (κ3) is 6.12. The monoisotopic (exact) mass is 415 g/mol. The lowest BCUT2D eigenvalue weighted by molar-refractivity contribution is 0.0954. The number of ether oxygens (including phenoxy) is 1. The van der Waals surface area contributed by atoms with Gasteiger partial charge < -0.3 is 25.6 Å². The van der Waals surface area contributed by atoms with Gasteiger partial charge in [-0.15, -0.1) is 11.3 Å². The van der Waals surface area contributed by atoms with Crippen LogP contribution in [0.4, 0.5) is 5.00 Å². The maximum atomic E-state index is 12.2. The van der Waals surface area contributed by atoms with Crippen LogP contribution in [-0.4, -0.2) is 58.2 Å². The summed E-state index contributed by atoms with van der Waals surface area (Å²) < 4.78 is 5.16. The molecule has 0 radical (unpaired) electrons. The smallest absolute Gasteiger partial charge is 0.251 e. The molecular weight excluding hydrogens is 386 g/mol. The van der Waals surface area contributed by atoms with Gasteiger partial charge in [-0.1, -0.05) is 6.07 Å². The Morgan fingerprint density at radius 2 is 2.00 bits per heavy atom. The fourth-order valence-corrected chi connectivity index (χ4v) is 4.09. The van der Waals surface area contributed by atoms with Crippen molar-refractivity contribution in [3.63, 3.8) is 0 Å².